The minimum Gasteiger partial charge on any atom is -0.481 e. The summed E-state index contributed by atoms with van der Waals surface area (Å²) in [6.45, 7) is 0. The van der Waals surface area contributed by atoms with Crippen LogP contribution in [0.25, 0.3) is 10.8 Å². The van der Waals surface area contributed by atoms with Gasteiger partial charge in [-0.25, -0.2) is 4.79 Å². The average molecular weight is 369 g/mol. The van der Waals surface area contributed by atoms with E-state index in [1.165, 1.54) is 0 Å². The standard InChI is InChI=1S/C19H19N3O5/c20-19(17(25)26)8-12(13-14(15(13)19)16(23)24)22-18(27)21-11-7-3-5-9-4-1-2-6-10(9)11/h1-7,12-15H,8,20H2,(H,23,24)(H,25,26)(H2,21,22,27)/t12-,13-,14-,15-,19-/m0/s1. The number of carbonyl (C=O) groups is 3. The smallest absolute Gasteiger partial charge is 0.324 e. The van der Waals surface area contributed by atoms with Gasteiger partial charge in [0.05, 0.1) is 11.6 Å². The van der Waals surface area contributed by atoms with Crippen LogP contribution in [0.15, 0.2) is 42.5 Å². The number of carbonyl (C=O) groups excluding carboxylic acids is 1. The third-order valence-corrected chi connectivity index (χ3v) is 5.73. The number of carboxylic acids is 2. The predicted octanol–water partition coefficient (Wildman–Crippen LogP) is 1.46. The second-order valence-corrected chi connectivity index (χ2v) is 7.25. The van der Waals surface area contributed by atoms with Crippen LogP contribution in [0.1, 0.15) is 6.42 Å². The van der Waals surface area contributed by atoms with E-state index >= 15 is 0 Å². The molecule has 0 radical (unpaired) electrons. The molecular weight excluding hydrogens is 350 g/mol. The lowest BCUT2D eigenvalue weighted by Gasteiger charge is -2.25. The van der Waals surface area contributed by atoms with Gasteiger partial charge in [0.2, 0.25) is 0 Å². The van der Waals surface area contributed by atoms with Gasteiger partial charge in [-0.15, -0.1) is 0 Å². The van der Waals surface area contributed by atoms with Gasteiger partial charge in [0.1, 0.15) is 5.54 Å². The molecule has 2 aliphatic rings. The fourth-order valence-corrected chi connectivity index (χ4v) is 4.49. The number of fused-ring (bicyclic) bond motifs is 2. The van der Waals surface area contributed by atoms with E-state index in [1.54, 1.807) is 6.07 Å². The lowest BCUT2D eigenvalue weighted by Crippen LogP contribution is -2.52. The Morgan fingerprint density at radius 2 is 1.78 bits per heavy atom. The number of aliphatic carboxylic acids is 2. The minimum absolute atomic E-state index is 0.00437. The van der Waals surface area contributed by atoms with Crippen molar-refractivity contribution in [2.45, 2.75) is 18.0 Å². The maximum atomic E-state index is 12.5. The summed E-state index contributed by atoms with van der Waals surface area (Å²) < 4.78 is 0. The molecule has 27 heavy (non-hydrogen) atoms. The lowest BCUT2D eigenvalue weighted by atomic mass is 9.90. The highest BCUT2D eigenvalue weighted by Crippen LogP contribution is 2.61. The first-order valence-corrected chi connectivity index (χ1v) is 8.63. The Morgan fingerprint density at radius 1 is 1.07 bits per heavy atom. The molecule has 0 unspecified atom stereocenters. The minimum atomic E-state index is -1.63. The first-order chi connectivity index (χ1) is 12.8. The summed E-state index contributed by atoms with van der Waals surface area (Å²) in [4.78, 5) is 35.4. The van der Waals surface area contributed by atoms with E-state index in [9.17, 15) is 24.6 Å². The molecule has 0 spiro atoms. The predicted molar refractivity (Wildman–Crippen MR) is 97.2 cm³/mol. The van der Waals surface area contributed by atoms with Crippen molar-refractivity contribution < 1.29 is 24.6 Å². The molecule has 2 aromatic carbocycles. The van der Waals surface area contributed by atoms with Crippen molar-refractivity contribution in [3.63, 3.8) is 0 Å². The van der Waals surface area contributed by atoms with Crippen molar-refractivity contribution in [2.75, 3.05) is 5.32 Å². The largest absolute Gasteiger partial charge is 0.481 e. The van der Waals surface area contributed by atoms with E-state index < -0.39 is 47.3 Å². The van der Waals surface area contributed by atoms with E-state index in [0.29, 0.717) is 5.69 Å². The van der Waals surface area contributed by atoms with Gasteiger partial charge < -0.3 is 26.6 Å². The number of benzene rings is 2. The van der Waals surface area contributed by atoms with Gasteiger partial charge in [-0.2, -0.15) is 0 Å². The summed E-state index contributed by atoms with van der Waals surface area (Å²) >= 11 is 0. The Labute approximate surface area is 154 Å². The molecule has 0 aliphatic heterocycles. The first-order valence-electron chi connectivity index (χ1n) is 8.63. The Balaban J connectivity index is 1.51. The maximum absolute atomic E-state index is 12.5. The highest BCUT2D eigenvalue weighted by Gasteiger charge is 2.74. The number of urea groups is 1. The lowest BCUT2D eigenvalue weighted by molar-refractivity contribution is -0.145. The molecule has 2 saturated carbocycles. The van der Waals surface area contributed by atoms with Gasteiger partial charge in [-0.3, -0.25) is 9.59 Å². The summed E-state index contributed by atoms with van der Waals surface area (Å²) in [6, 6.07) is 12.0. The third kappa shape index (κ3) is 2.69. The van der Waals surface area contributed by atoms with Crippen LogP contribution in [0.2, 0.25) is 0 Å². The zero-order valence-corrected chi connectivity index (χ0v) is 14.3. The summed E-state index contributed by atoms with van der Waals surface area (Å²) in [5, 5.41) is 26.1. The van der Waals surface area contributed by atoms with Crippen molar-refractivity contribution in [2.24, 2.45) is 23.5 Å². The number of hydrogen-bond acceptors (Lipinski definition) is 4. The molecule has 0 aromatic heterocycles. The quantitative estimate of drug-likeness (QED) is 0.552. The molecular formula is C19H19N3O5. The summed E-state index contributed by atoms with van der Waals surface area (Å²) in [5.41, 5.74) is 4.95. The Hall–Kier alpha value is -3.13. The van der Waals surface area contributed by atoms with Crippen LogP contribution < -0.4 is 16.4 Å². The van der Waals surface area contributed by atoms with Crippen LogP contribution in [0.5, 0.6) is 0 Å². The number of anilines is 1. The molecule has 0 heterocycles. The molecule has 8 heteroatoms. The van der Waals surface area contributed by atoms with Gasteiger partial charge >= 0.3 is 18.0 Å². The highest BCUT2D eigenvalue weighted by atomic mass is 16.4. The molecule has 0 bridgehead atoms. The van der Waals surface area contributed by atoms with Gasteiger partial charge in [0, 0.05) is 17.3 Å². The maximum Gasteiger partial charge on any atom is 0.324 e. The molecule has 8 nitrogen and oxygen atoms in total. The molecule has 4 rings (SSSR count). The van der Waals surface area contributed by atoms with Crippen LogP contribution in [0, 0.1) is 17.8 Å². The molecule has 2 aliphatic carbocycles. The zero-order valence-electron chi connectivity index (χ0n) is 14.3. The number of hydrogen-bond donors (Lipinski definition) is 5. The molecule has 2 aromatic rings. The molecule has 5 atom stereocenters. The summed E-state index contributed by atoms with van der Waals surface area (Å²) in [5.74, 6) is -4.30. The normalized spacial score (nSPS) is 31.1. The van der Waals surface area contributed by atoms with Crippen molar-refractivity contribution in [1.82, 2.24) is 5.32 Å². The average Bonchev–Trinajstić information content (AvgIpc) is 3.31. The van der Waals surface area contributed by atoms with Crippen LogP contribution in [0.3, 0.4) is 0 Å². The van der Waals surface area contributed by atoms with Gasteiger partial charge in [0.15, 0.2) is 0 Å². The Morgan fingerprint density at radius 3 is 2.48 bits per heavy atom. The highest BCUT2D eigenvalue weighted by molar-refractivity contribution is 6.01. The van der Waals surface area contributed by atoms with Crippen LogP contribution in [0.4, 0.5) is 10.5 Å². The van der Waals surface area contributed by atoms with Gasteiger partial charge in [-0.05, 0) is 23.8 Å². The second-order valence-electron chi connectivity index (χ2n) is 7.25. The van der Waals surface area contributed by atoms with E-state index in [2.05, 4.69) is 10.6 Å². The van der Waals surface area contributed by atoms with Crippen molar-refractivity contribution in [1.29, 1.82) is 0 Å². The van der Waals surface area contributed by atoms with Crippen LogP contribution >= 0.6 is 0 Å². The van der Waals surface area contributed by atoms with Crippen molar-refractivity contribution in [3.8, 4) is 0 Å². The van der Waals surface area contributed by atoms with Crippen molar-refractivity contribution in [3.05, 3.63) is 42.5 Å². The topological polar surface area (TPSA) is 142 Å². The van der Waals surface area contributed by atoms with E-state index in [4.69, 9.17) is 5.73 Å². The molecule has 2 fully saturated rings. The monoisotopic (exact) mass is 369 g/mol. The number of rotatable bonds is 4. The van der Waals surface area contributed by atoms with E-state index in [-0.39, 0.29) is 6.42 Å². The molecule has 0 saturated heterocycles. The summed E-state index contributed by atoms with van der Waals surface area (Å²) in [7, 11) is 0. The molecule has 140 valence electrons. The Kier molecular flexibility index (Phi) is 3.81. The fourth-order valence-electron chi connectivity index (χ4n) is 4.49. The van der Waals surface area contributed by atoms with E-state index in [0.717, 1.165) is 10.8 Å². The summed E-state index contributed by atoms with van der Waals surface area (Å²) in [6.07, 6.45) is 0.00437. The number of nitrogens with two attached hydrogens (primary N) is 1. The first kappa shape index (κ1) is 17.3. The van der Waals surface area contributed by atoms with Gasteiger partial charge in [-0.1, -0.05) is 36.4 Å². The Bertz CT molecular complexity index is 956. The molecule has 2 amide bonds. The number of nitrogens with one attached hydrogen (secondary N) is 2. The van der Waals surface area contributed by atoms with Gasteiger partial charge in [0.25, 0.3) is 0 Å². The van der Waals surface area contributed by atoms with E-state index in [1.807, 2.05) is 36.4 Å². The number of carboxylic acid groups (broad SMARTS) is 2. The van der Waals surface area contributed by atoms with Crippen molar-refractivity contribution >= 4 is 34.4 Å². The SMILES string of the molecule is N[C@@]1(C(=O)O)C[C@H](NC(=O)Nc2cccc3ccccc23)[C@H]2[C@H](C(=O)O)[C@H]21. The fraction of sp³-hybridized carbons (Fsp3) is 0.316. The number of amides is 2. The van der Waals surface area contributed by atoms with Crippen LogP contribution in [-0.2, 0) is 9.59 Å². The second kappa shape index (κ2) is 5.95. The zero-order chi connectivity index (χ0) is 19.3. The van der Waals surface area contributed by atoms with Crippen LogP contribution in [-0.4, -0.2) is 39.8 Å². The molecule has 6 N–H and O–H groups in total. The third-order valence-electron chi connectivity index (χ3n) is 5.73.